The van der Waals surface area contributed by atoms with E-state index in [1.165, 1.54) is 7.11 Å². The molecule has 0 amide bonds. The molecule has 2 rings (SSSR count). The van der Waals surface area contributed by atoms with Crippen LogP contribution in [0.4, 0.5) is 11.9 Å². The van der Waals surface area contributed by atoms with Crippen LogP contribution in [-0.2, 0) is 10.0 Å². The van der Waals surface area contributed by atoms with Gasteiger partial charge in [0.05, 0.1) is 19.5 Å². The first kappa shape index (κ1) is 14.9. The molecule has 0 saturated carbocycles. The number of nitrogens with zero attached hydrogens (tertiary/aromatic N) is 4. The minimum Gasteiger partial charge on any atom is -0.481 e. The van der Waals surface area contributed by atoms with Crippen molar-refractivity contribution < 1.29 is 13.2 Å². The molecule has 0 radical (unpaired) electrons. The Kier molecular flexibility index (Phi) is 4.14. The predicted octanol–water partition coefficient (Wildman–Crippen LogP) is -0.330. The summed E-state index contributed by atoms with van der Waals surface area (Å²) in [5.41, 5.74) is 2.75. The molecule has 21 heavy (non-hydrogen) atoms. The minimum atomic E-state index is -3.90. The van der Waals surface area contributed by atoms with Gasteiger partial charge >= 0.3 is 0 Å². The van der Waals surface area contributed by atoms with Gasteiger partial charge in [0, 0.05) is 11.8 Å². The zero-order valence-corrected chi connectivity index (χ0v) is 12.0. The van der Waals surface area contributed by atoms with Crippen molar-refractivity contribution in [2.45, 2.75) is 11.8 Å². The van der Waals surface area contributed by atoms with Crippen LogP contribution in [0.5, 0.6) is 5.88 Å². The van der Waals surface area contributed by atoms with Crippen molar-refractivity contribution in [2.75, 3.05) is 17.3 Å². The van der Waals surface area contributed by atoms with Crippen molar-refractivity contribution in [3.63, 3.8) is 0 Å². The fourth-order valence-electron chi connectivity index (χ4n) is 1.40. The number of hydrazine groups is 1. The van der Waals surface area contributed by atoms with Gasteiger partial charge < -0.3 is 4.74 Å². The van der Waals surface area contributed by atoms with Crippen LogP contribution in [0.15, 0.2) is 23.4 Å². The van der Waals surface area contributed by atoms with E-state index in [-0.39, 0.29) is 22.7 Å². The number of rotatable bonds is 5. The number of ether oxygens (including phenoxy) is 1. The lowest BCUT2D eigenvalue weighted by atomic mass is 10.4. The Bertz CT molecular complexity index is 733. The number of nitrogens with two attached hydrogens (primary N) is 1. The summed E-state index contributed by atoms with van der Waals surface area (Å²) in [6, 6.07) is 1.57. The van der Waals surface area contributed by atoms with Crippen molar-refractivity contribution in [2.24, 2.45) is 5.84 Å². The number of aromatic nitrogens is 4. The average molecular weight is 311 g/mol. The second-order valence-electron chi connectivity index (χ2n) is 3.87. The van der Waals surface area contributed by atoms with Crippen LogP contribution >= 0.6 is 0 Å². The lowest BCUT2D eigenvalue weighted by Gasteiger charge is -2.08. The highest BCUT2D eigenvalue weighted by Gasteiger charge is 2.17. The van der Waals surface area contributed by atoms with Crippen LogP contribution in [0.2, 0.25) is 0 Å². The molecule has 112 valence electrons. The summed E-state index contributed by atoms with van der Waals surface area (Å²) in [5.74, 6) is 5.35. The Balaban J connectivity index is 2.30. The molecule has 0 unspecified atom stereocenters. The van der Waals surface area contributed by atoms with Crippen molar-refractivity contribution in [1.29, 1.82) is 0 Å². The number of aryl methyl sites for hydroxylation is 1. The number of nitrogen functional groups attached to an aromatic ring is 1. The summed E-state index contributed by atoms with van der Waals surface area (Å²) in [4.78, 5) is 15.2. The largest absolute Gasteiger partial charge is 0.481 e. The van der Waals surface area contributed by atoms with Gasteiger partial charge in [-0.15, -0.1) is 0 Å². The Morgan fingerprint density at radius 2 is 1.86 bits per heavy atom. The number of anilines is 2. The van der Waals surface area contributed by atoms with Crippen molar-refractivity contribution in [1.82, 2.24) is 19.9 Å². The Hall–Kier alpha value is -2.53. The smallest absolute Gasteiger partial charge is 0.267 e. The topological polar surface area (TPSA) is 145 Å². The summed E-state index contributed by atoms with van der Waals surface area (Å²) >= 11 is 0. The Morgan fingerprint density at radius 3 is 2.43 bits per heavy atom. The number of nitrogens with one attached hydrogen (secondary N) is 2. The van der Waals surface area contributed by atoms with Gasteiger partial charge in [-0.3, -0.25) is 5.43 Å². The number of hydrogen-bond donors (Lipinski definition) is 3. The molecule has 11 heteroatoms. The summed E-state index contributed by atoms with van der Waals surface area (Å²) < 4.78 is 31.5. The summed E-state index contributed by atoms with van der Waals surface area (Å²) in [6.45, 7) is 1.69. The van der Waals surface area contributed by atoms with E-state index < -0.39 is 10.0 Å². The van der Waals surface area contributed by atoms with Gasteiger partial charge in [0.15, 0.2) is 0 Å². The highest BCUT2D eigenvalue weighted by Crippen LogP contribution is 2.15. The highest BCUT2D eigenvalue weighted by atomic mass is 32.2. The standard InChI is InChI=1S/C10H13N7O3S/c1-6-3-8(20-2)15-10(14-6)17-21(18,19)7-4-12-9(16-11)13-5-7/h3-5H,11H2,1-2H3,(H,12,13,16)(H,14,15,17). The molecular weight excluding hydrogens is 298 g/mol. The SMILES string of the molecule is COc1cc(C)nc(NS(=O)(=O)c2cnc(NN)nc2)n1. The molecular formula is C10H13N7O3S. The lowest BCUT2D eigenvalue weighted by Crippen LogP contribution is -2.17. The number of methoxy groups -OCH3 is 1. The quantitative estimate of drug-likeness (QED) is 0.499. The van der Waals surface area contributed by atoms with Crippen LogP contribution in [0.3, 0.4) is 0 Å². The normalized spacial score (nSPS) is 11.0. The number of hydrogen-bond acceptors (Lipinski definition) is 9. The maximum absolute atomic E-state index is 12.1. The van der Waals surface area contributed by atoms with Crippen molar-refractivity contribution in [3.05, 3.63) is 24.2 Å². The third-order valence-corrected chi connectivity index (χ3v) is 3.62. The first-order valence-corrected chi connectivity index (χ1v) is 7.14. The molecule has 0 spiro atoms. The third kappa shape index (κ3) is 3.52. The molecule has 0 atom stereocenters. The maximum atomic E-state index is 12.1. The van der Waals surface area contributed by atoms with Crippen LogP contribution in [0.1, 0.15) is 5.69 Å². The molecule has 4 N–H and O–H groups in total. The molecule has 2 aromatic rings. The zero-order chi connectivity index (χ0) is 15.5. The van der Waals surface area contributed by atoms with Gasteiger partial charge in [0.2, 0.25) is 17.8 Å². The van der Waals surface area contributed by atoms with E-state index in [9.17, 15) is 8.42 Å². The predicted molar refractivity (Wildman–Crippen MR) is 74.0 cm³/mol. The first-order valence-electron chi connectivity index (χ1n) is 5.66. The summed E-state index contributed by atoms with van der Waals surface area (Å²) in [7, 11) is -2.48. The summed E-state index contributed by atoms with van der Waals surface area (Å²) in [5, 5.41) is 0. The molecule has 0 fully saturated rings. The van der Waals surface area contributed by atoms with Crippen LogP contribution in [-0.4, -0.2) is 35.5 Å². The lowest BCUT2D eigenvalue weighted by molar-refractivity contribution is 0.397. The van der Waals surface area contributed by atoms with Gasteiger partial charge in [0.1, 0.15) is 4.90 Å². The maximum Gasteiger partial charge on any atom is 0.267 e. The van der Waals surface area contributed by atoms with Crippen LogP contribution < -0.4 is 20.7 Å². The fraction of sp³-hybridized carbons (Fsp3) is 0.200. The molecule has 0 aliphatic carbocycles. The molecule has 2 heterocycles. The number of sulfonamides is 1. The van der Waals surface area contributed by atoms with E-state index in [0.29, 0.717) is 5.69 Å². The van der Waals surface area contributed by atoms with E-state index >= 15 is 0 Å². The first-order chi connectivity index (χ1) is 9.94. The molecule has 2 aromatic heterocycles. The summed E-state index contributed by atoms with van der Waals surface area (Å²) in [6.07, 6.45) is 2.22. The molecule has 10 nitrogen and oxygen atoms in total. The van der Waals surface area contributed by atoms with E-state index in [0.717, 1.165) is 12.4 Å². The molecule has 0 saturated heterocycles. The molecule has 0 aliphatic heterocycles. The van der Waals surface area contributed by atoms with Gasteiger partial charge in [-0.05, 0) is 6.92 Å². The second-order valence-corrected chi connectivity index (χ2v) is 5.55. The zero-order valence-electron chi connectivity index (χ0n) is 11.2. The molecule has 0 aromatic carbocycles. The third-order valence-electron chi connectivity index (χ3n) is 2.33. The van der Waals surface area contributed by atoms with Crippen molar-refractivity contribution in [3.8, 4) is 5.88 Å². The van der Waals surface area contributed by atoms with E-state index in [1.807, 2.05) is 0 Å². The van der Waals surface area contributed by atoms with Gasteiger partial charge in [-0.25, -0.2) is 33.9 Å². The monoisotopic (exact) mass is 311 g/mol. The van der Waals surface area contributed by atoms with Crippen LogP contribution in [0.25, 0.3) is 0 Å². The van der Waals surface area contributed by atoms with E-state index in [4.69, 9.17) is 10.6 Å². The second kappa shape index (κ2) is 5.85. The van der Waals surface area contributed by atoms with E-state index in [1.54, 1.807) is 13.0 Å². The van der Waals surface area contributed by atoms with Gasteiger partial charge in [-0.1, -0.05) is 0 Å². The minimum absolute atomic E-state index is 0.0995. The highest BCUT2D eigenvalue weighted by molar-refractivity contribution is 7.92. The molecule has 0 aliphatic rings. The van der Waals surface area contributed by atoms with Gasteiger partial charge in [0.25, 0.3) is 10.0 Å². The average Bonchev–Trinajstić information content (AvgIpc) is 2.46. The fourth-order valence-corrected chi connectivity index (χ4v) is 2.23. The van der Waals surface area contributed by atoms with Gasteiger partial charge in [-0.2, -0.15) is 4.98 Å². The Labute approximate surface area is 120 Å². The molecule has 0 bridgehead atoms. The van der Waals surface area contributed by atoms with Crippen molar-refractivity contribution >= 4 is 21.9 Å². The van der Waals surface area contributed by atoms with Crippen LogP contribution in [0, 0.1) is 6.92 Å². The van der Waals surface area contributed by atoms with E-state index in [2.05, 4.69) is 30.1 Å². The Morgan fingerprint density at radius 1 is 1.19 bits per heavy atom.